The highest BCUT2D eigenvalue weighted by molar-refractivity contribution is 14.1. The number of alkyl halides is 3. The Balaban J connectivity index is 2.09. The van der Waals surface area contributed by atoms with Crippen LogP contribution >= 0.6 is 22.6 Å². The summed E-state index contributed by atoms with van der Waals surface area (Å²) in [5.74, 6) is -1.72. The van der Waals surface area contributed by atoms with Crippen molar-refractivity contribution in [2.75, 3.05) is 0 Å². The summed E-state index contributed by atoms with van der Waals surface area (Å²) in [6.45, 7) is 0. The minimum Gasteiger partial charge on any atom is -0.378 e. The van der Waals surface area contributed by atoms with E-state index in [1.165, 1.54) is 0 Å². The highest BCUT2D eigenvalue weighted by atomic mass is 127. The van der Waals surface area contributed by atoms with Gasteiger partial charge in [-0.1, -0.05) is 24.3 Å². The van der Waals surface area contributed by atoms with Gasteiger partial charge >= 0.3 is 6.18 Å². The largest absolute Gasteiger partial charge is 0.416 e. The van der Waals surface area contributed by atoms with Gasteiger partial charge in [0.1, 0.15) is 6.04 Å². The van der Waals surface area contributed by atoms with E-state index in [2.05, 4.69) is 27.9 Å². The third-order valence-electron chi connectivity index (χ3n) is 3.79. The van der Waals surface area contributed by atoms with Crippen LogP contribution in [0.3, 0.4) is 0 Å². The van der Waals surface area contributed by atoms with E-state index in [1.54, 1.807) is 12.1 Å². The van der Waals surface area contributed by atoms with Crippen molar-refractivity contribution >= 4 is 34.4 Å². The van der Waals surface area contributed by atoms with Gasteiger partial charge in [0.25, 0.3) is 5.91 Å². The highest BCUT2D eigenvalue weighted by Crippen LogP contribution is 2.30. The Morgan fingerprint density at radius 3 is 2.30 bits per heavy atom. The lowest BCUT2D eigenvalue weighted by atomic mass is 10.0. The zero-order valence-corrected chi connectivity index (χ0v) is 16.0. The van der Waals surface area contributed by atoms with Crippen molar-refractivity contribution in [2.45, 2.75) is 24.7 Å². The van der Waals surface area contributed by atoms with E-state index in [9.17, 15) is 27.9 Å². The van der Waals surface area contributed by atoms with Crippen molar-refractivity contribution in [1.82, 2.24) is 5.32 Å². The van der Waals surface area contributed by atoms with E-state index in [1.807, 2.05) is 12.1 Å². The molecule has 0 saturated carbocycles. The van der Waals surface area contributed by atoms with Crippen LogP contribution in [-0.4, -0.2) is 23.0 Å². The first-order chi connectivity index (χ1) is 12.6. The molecule has 0 aliphatic heterocycles. The monoisotopic (exact) mass is 492 g/mol. The molecule has 0 bridgehead atoms. The maximum absolute atomic E-state index is 12.6. The molecule has 0 heterocycles. The molecule has 0 aliphatic carbocycles. The molecule has 5 nitrogen and oxygen atoms in total. The minimum atomic E-state index is -4.52. The zero-order chi connectivity index (χ0) is 20.2. The number of hydrogen-bond acceptors (Lipinski definition) is 3. The maximum atomic E-state index is 12.6. The molecule has 2 aromatic carbocycles. The molecule has 2 rings (SSSR count). The average molecular weight is 492 g/mol. The van der Waals surface area contributed by atoms with Gasteiger partial charge in [-0.3, -0.25) is 9.59 Å². The zero-order valence-electron chi connectivity index (χ0n) is 13.8. The Morgan fingerprint density at radius 1 is 1.15 bits per heavy atom. The number of aliphatic hydroxyl groups is 1. The van der Waals surface area contributed by atoms with Gasteiger partial charge in [-0.2, -0.15) is 13.2 Å². The van der Waals surface area contributed by atoms with E-state index in [0.717, 1.165) is 33.4 Å². The van der Waals surface area contributed by atoms with Crippen molar-refractivity contribution in [3.8, 4) is 0 Å². The van der Waals surface area contributed by atoms with Crippen molar-refractivity contribution in [2.24, 2.45) is 5.73 Å². The van der Waals surface area contributed by atoms with E-state index in [4.69, 9.17) is 5.73 Å². The van der Waals surface area contributed by atoms with Crippen LogP contribution in [0.25, 0.3) is 0 Å². The van der Waals surface area contributed by atoms with E-state index in [0.29, 0.717) is 0 Å². The van der Waals surface area contributed by atoms with Crippen LogP contribution in [0.4, 0.5) is 13.2 Å². The van der Waals surface area contributed by atoms with Crippen molar-refractivity contribution < 1.29 is 27.9 Å². The number of primary amides is 1. The molecule has 144 valence electrons. The minimum absolute atomic E-state index is 0.0296. The van der Waals surface area contributed by atoms with Crippen molar-refractivity contribution in [1.29, 1.82) is 0 Å². The number of nitrogens with two attached hydrogens (primary N) is 1. The molecule has 0 radical (unpaired) electrons. The third-order valence-corrected chi connectivity index (χ3v) is 4.46. The highest BCUT2D eigenvalue weighted by Gasteiger charge is 2.31. The smallest absolute Gasteiger partial charge is 0.378 e. The summed E-state index contributed by atoms with van der Waals surface area (Å²) in [6, 6.07) is 9.69. The predicted octanol–water partition coefficient (Wildman–Crippen LogP) is 2.56. The Kier molecular flexibility index (Phi) is 6.82. The summed E-state index contributed by atoms with van der Waals surface area (Å²) >= 11 is 2.10. The fourth-order valence-corrected chi connectivity index (χ4v) is 2.99. The van der Waals surface area contributed by atoms with Gasteiger partial charge in [0.15, 0.2) is 6.10 Å². The number of benzene rings is 2. The predicted molar refractivity (Wildman–Crippen MR) is 100 cm³/mol. The lowest BCUT2D eigenvalue weighted by molar-refractivity contribution is -0.137. The molecule has 2 aromatic rings. The van der Waals surface area contributed by atoms with Crippen LogP contribution in [0.15, 0.2) is 48.5 Å². The SMILES string of the molecule is NC(=O)[C@H](Cc1cccc(I)c1)NC(=O)[C@@H](O)c1ccc(C(F)(F)F)cc1. The molecule has 0 saturated heterocycles. The second-order valence-electron chi connectivity index (χ2n) is 5.82. The van der Waals surface area contributed by atoms with Gasteiger partial charge < -0.3 is 16.2 Å². The lowest BCUT2D eigenvalue weighted by Gasteiger charge is -2.19. The molecule has 2 atom stereocenters. The van der Waals surface area contributed by atoms with Crippen LogP contribution in [0, 0.1) is 3.57 Å². The van der Waals surface area contributed by atoms with E-state index in [-0.39, 0.29) is 12.0 Å². The maximum Gasteiger partial charge on any atom is 0.416 e. The van der Waals surface area contributed by atoms with E-state index < -0.39 is 35.7 Å². The number of amides is 2. The van der Waals surface area contributed by atoms with Crippen LogP contribution in [0.1, 0.15) is 22.8 Å². The first-order valence-corrected chi connectivity index (χ1v) is 8.85. The Labute approximate surface area is 166 Å². The van der Waals surface area contributed by atoms with Gasteiger partial charge in [-0.15, -0.1) is 0 Å². The molecule has 4 N–H and O–H groups in total. The number of aliphatic hydroxyl groups excluding tert-OH is 1. The normalized spacial score (nSPS) is 13.7. The molecule has 0 aromatic heterocycles. The number of halogens is 4. The van der Waals surface area contributed by atoms with Gasteiger partial charge in [-0.25, -0.2) is 0 Å². The standard InChI is InChI=1S/C18H16F3IN2O3/c19-18(20,21)12-6-4-11(5-7-12)15(25)17(27)24-14(16(23)26)9-10-2-1-3-13(22)8-10/h1-8,14-15,25H,9H2,(H2,23,26)(H,24,27)/t14-,15-/m0/s1. The fraction of sp³-hybridized carbons (Fsp3) is 0.222. The molecular formula is C18H16F3IN2O3. The molecule has 2 amide bonds. The number of hydrogen-bond donors (Lipinski definition) is 3. The van der Waals surface area contributed by atoms with Gasteiger partial charge in [0, 0.05) is 9.99 Å². The first kappa shape index (κ1) is 21.2. The number of carbonyl (C=O) groups excluding carboxylic acids is 2. The Hall–Kier alpha value is -2.14. The third kappa shape index (κ3) is 5.93. The summed E-state index contributed by atoms with van der Waals surface area (Å²) in [6.07, 6.45) is -6.13. The molecule has 0 fully saturated rings. The lowest BCUT2D eigenvalue weighted by Crippen LogP contribution is -2.47. The second kappa shape index (κ2) is 8.70. The summed E-state index contributed by atoms with van der Waals surface area (Å²) in [7, 11) is 0. The Bertz CT molecular complexity index is 825. The fourth-order valence-electron chi connectivity index (χ4n) is 2.38. The molecule has 27 heavy (non-hydrogen) atoms. The summed E-state index contributed by atoms with van der Waals surface area (Å²) in [5, 5.41) is 12.4. The topological polar surface area (TPSA) is 92.4 Å². The number of nitrogens with one attached hydrogen (secondary N) is 1. The van der Waals surface area contributed by atoms with Gasteiger partial charge in [0.2, 0.25) is 5.91 Å². The second-order valence-corrected chi connectivity index (χ2v) is 7.07. The summed E-state index contributed by atoms with van der Waals surface area (Å²) in [4.78, 5) is 23.8. The summed E-state index contributed by atoms with van der Waals surface area (Å²) < 4.78 is 38.7. The van der Waals surface area contributed by atoms with Crippen molar-refractivity contribution in [3.63, 3.8) is 0 Å². The number of carbonyl (C=O) groups is 2. The quantitative estimate of drug-likeness (QED) is 0.542. The molecular weight excluding hydrogens is 476 g/mol. The van der Waals surface area contributed by atoms with Crippen molar-refractivity contribution in [3.05, 3.63) is 68.8 Å². The van der Waals surface area contributed by atoms with Gasteiger partial charge in [0.05, 0.1) is 5.56 Å². The van der Waals surface area contributed by atoms with Crippen LogP contribution in [0.5, 0.6) is 0 Å². The molecule has 0 unspecified atom stereocenters. The average Bonchev–Trinajstić information content (AvgIpc) is 2.59. The Morgan fingerprint density at radius 2 is 1.78 bits per heavy atom. The number of rotatable bonds is 6. The first-order valence-electron chi connectivity index (χ1n) is 7.77. The van der Waals surface area contributed by atoms with Crippen LogP contribution in [0.2, 0.25) is 0 Å². The van der Waals surface area contributed by atoms with Crippen LogP contribution in [-0.2, 0) is 22.2 Å². The molecule has 0 spiro atoms. The van der Waals surface area contributed by atoms with E-state index >= 15 is 0 Å². The summed E-state index contributed by atoms with van der Waals surface area (Å²) in [5.41, 5.74) is 5.15. The molecule has 0 aliphatic rings. The molecule has 9 heteroatoms. The van der Waals surface area contributed by atoms with Gasteiger partial charge in [-0.05, 0) is 58.0 Å². The van der Waals surface area contributed by atoms with Crippen LogP contribution < -0.4 is 11.1 Å².